The fraction of sp³-hybridized carbons (Fsp3) is 0.130. The summed E-state index contributed by atoms with van der Waals surface area (Å²) in [5, 5.41) is 2.87. The molecular formula is C23H18BrNO4. The van der Waals surface area contributed by atoms with Gasteiger partial charge in [-0.25, -0.2) is 4.79 Å². The molecule has 1 atom stereocenters. The van der Waals surface area contributed by atoms with Crippen molar-refractivity contribution in [3.05, 3.63) is 93.5 Å². The number of benzene rings is 3. The first-order valence-electron chi connectivity index (χ1n) is 9.08. The Morgan fingerprint density at radius 1 is 1.07 bits per heavy atom. The van der Waals surface area contributed by atoms with E-state index in [-0.39, 0.29) is 11.9 Å². The molecule has 0 aromatic heterocycles. The summed E-state index contributed by atoms with van der Waals surface area (Å²) in [5.74, 6) is 0.130. The van der Waals surface area contributed by atoms with Gasteiger partial charge >= 0.3 is 5.97 Å². The van der Waals surface area contributed by atoms with Crippen LogP contribution in [0, 0.1) is 0 Å². The molecule has 1 aliphatic heterocycles. The van der Waals surface area contributed by atoms with Gasteiger partial charge in [-0.15, -0.1) is 0 Å². The summed E-state index contributed by atoms with van der Waals surface area (Å²) in [6.45, 7) is 0. The van der Waals surface area contributed by atoms with E-state index in [0.717, 1.165) is 21.3 Å². The van der Waals surface area contributed by atoms with Crippen LogP contribution in [0.3, 0.4) is 0 Å². The number of carbonyl (C=O) groups excluding carboxylic acids is 2. The van der Waals surface area contributed by atoms with Crippen LogP contribution in [0.15, 0.2) is 71.2 Å². The minimum Gasteiger partial charge on any atom is -0.497 e. The van der Waals surface area contributed by atoms with E-state index in [4.69, 9.17) is 9.47 Å². The lowest BCUT2D eigenvalue weighted by Gasteiger charge is -2.25. The molecule has 4 rings (SSSR count). The Bertz CT molecular complexity index is 1060. The van der Waals surface area contributed by atoms with Crippen molar-refractivity contribution in [2.45, 2.75) is 12.5 Å². The molecule has 0 saturated carbocycles. The van der Waals surface area contributed by atoms with Crippen LogP contribution in [-0.2, 0) is 11.2 Å². The summed E-state index contributed by atoms with van der Waals surface area (Å²) < 4.78 is 11.7. The standard InChI is InChI=1S/C23H18BrNO4/c1-28-19-9-2-14(3-10-19)21-13-16-12-15(4-11-20(16)23(27)29-21)22(26)25-18-7-5-17(24)6-8-18/h2-12,21H,13H2,1H3,(H,25,26)/t21-/m0/s1. The van der Waals surface area contributed by atoms with Gasteiger partial charge in [-0.05, 0) is 65.7 Å². The van der Waals surface area contributed by atoms with E-state index in [2.05, 4.69) is 21.2 Å². The fourth-order valence-corrected chi connectivity index (χ4v) is 3.54. The maximum absolute atomic E-state index is 12.6. The molecule has 3 aromatic carbocycles. The molecule has 0 radical (unpaired) electrons. The van der Waals surface area contributed by atoms with Crippen molar-refractivity contribution < 1.29 is 19.1 Å². The topological polar surface area (TPSA) is 64.6 Å². The number of amides is 1. The zero-order valence-corrected chi connectivity index (χ0v) is 17.2. The van der Waals surface area contributed by atoms with Gasteiger partial charge in [-0.1, -0.05) is 28.1 Å². The fourth-order valence-electron chi connectivity index (χ4n) is 3.28. The number of hydrogen-bond donors (Lipinski definition) is 1. The molecule has 0 aliphatic carbocycles. The Hall–Kier alpha value is -3.12. The van der Waals surface area contributed by atoms with Crippen molar-refractivity contribution >= 4 is 33.5 Å². The molecule has 0 spiro atoms. The first kappa shape index (κ1) is 19.2. The second kappa shape index (κ2) is 8.09. The highest BCUT2D eigenvalue weighted by atomic mass is 79.9. The Kier molecular flexibility index (Phi) is 5.36. The normalized spacial score (nSPS) is 15.2. The lowest BCUT2D eigenvalue weighted by Crippen LogP contribution is -2.23. The van der Waals surface area contributed by atoms with Gasteiger partial charge in [0.1, 0.15) is 11.9 Å². The quantitative estimate of drug-likeness (QED) is 0.556. The summed E-state index contributed by atoms with van der Waals surface area (Å²) in [6, 6.07) is 19.8. The molecule has 0 bridgehead atoms. The van der Waals surface area contributed by atoms with E-state index in [1.54, 1.807) is 25.3 Å². The number of ether oxygens (including phenoxy) is 2. The van der Waals surface area contributed by atoms with Gasteiger partial charge in [-0.3, -0.25) is 4.79 Å². The molecule has 0 saturated heterocycles. The van der Waals surface area contributed by atoms with Crippen LogP contribution in [-0.4, -0.2) is 19.0 Å². The first-order valence-corrected chi connectivity index (χ1v) is 9.87. The molecule has 1 heterocycles. The summed E-state index contributed by atoms with van der Waals surface area (Å²) in [4.78, 5) is 25.1. The van der Waals surface area contributed by atoms with Gasteiger partial charge in [0.05, 0.1) is 12.7 Å². The number of fused-ring (bicyclic) bond motifs is 1. The van der Waals surface area contributed by atoms with Crippen molar-refractivity contribution in [2.75, 3.05) is 12.4 Å². The van der Waals surface area contributed by atoms with E-state index < -0.39 is 6.10 Å². The number of hydrogen-bond acceptors (Lipinski definition) is 4. The van der Waals surface area contributed by atoms with Crippen LogP contribution in [0.25, 0.3) is 0 Å². The zero-order valence-electron chi connectivity index (χ0n) is 15.6. The summed E-state index contributed by atoms with van der Waals surface area (Å²) >= 11 is 3.37. The minimum atomic E-state index is -0.398. The summed E-state index contributed by atoms with van der Waals surface area (Å²) in [5.41, 5.74) is 3.37. The maximum atomic E-state index is 12.6. The van der Waals surface area contributed by atoms with Crippen LogP contribution in [0.4, 0.5) is 5.69 Å². The Balaban J connectivity index is 1.56. The number of methoxy groups -OCH3 is 1. The number of anilines is 1. The van der Waals surface area contributed by atoms with Gasteiger partial charge < -0.3 is 14.8 Å². The lowest BCUT2D eigenvalue weighted by atomic mass is 9.93. The molecule has 5 nitrogen and oxygen atoms in total. The van der Waals surface area contributed by atoms with Gasteiger partial charge in [0.15, 0.2) is 0 Å². The third kappa shape index (κ3) is 4.17. The molecular weight excluding hydrogens is 434 g/mol. The van der Waals surface area contributed by atoms with E-state index in [1.165, 1.54) is 0 Å². The summed E-state index contributed by atoms with van der Waals surface area (Å²) in [6.07, 6.45) is 0.109. The van der Waals surface area contributed by atoms with Gasteiger partial charge in [0, 0.05) is 22.1 Å². The number of halogens is 1. The van der Waals surface area contributed by atoms with Gasteiger partial charge in [0.2, 0.25) is 0 Å². The molecule has 0 fully saturated rings. The molecule has 29 heavy (non-hydrogen) atoms. The highest BCUT2D eigenvalue weighted by Crippen LogP contribution is 2.32. The minimum absolute atomic E-state index is 0.227. The Labute approximate surface area is 176 Å². The van der Waals surface area contributed by atoms with E-state index in [9.17, 15) is 9.59 Å². The maximum Gasteiger partial charge on any atom is 0.339 e. The number of nitrogens with one attached hydrogen (secondary N) is 1. The van der Waals surface area contributed by atoms with E-state index in [0.29, 0.717) is 23.2 Å². The Morgan fingerprint density at radius 3 is 2.48 bits per heavy atom. The predicted octanol–water partition coefficient (Wildman–Crippen LogP) is 5.16. The molecule has 1 aliphatic rings. The highest BCUT2D eigenvalue weighted by Gasteiger charge is 2.28. The molecule has 0 unspecified atom stereocenters. The van der Waals surface area contributed by atoms with Gasteiger partial charge in [0.25, 0.3) is 5.91 Å². The van der Waals surface area contributed by atoms with Crippen molar-refractivity contribution in [3.8, 4) is 5.75 Å². The highest BCUT2D eigenvalue weighted by molar-refractivity contribution is 9.10. The average Bonchev–Trinajstić information content (AvgIpc) is 2.75. The first-order chi connectivity index (χ1) is 14.0. The predicted molar refractivity (Wildman–Crippen MR) is 113 cm³/mol. The number of cyclic esters (lactones) is 1. The Morgan fingerprint density at radius 2 is 1.79 bits per heavy atom. The number of rotatable bonds is 4. The molecule has 1 N–H and O–H groups in total. The van der Waals surface area contributed by atoms with Crippen LogP contribution in [0.1, 0.15) is 37.9 Å². The van der Waals surface area contributed by atoms with Crippen LogP contribution in [0.5, 0.6) is 5.75 Å². The number of esters is 1. The smallest absolute Gasteiger partial charge is 0.339 e. The van der Waals surface area contributed by atoms with Crippen molar-refractivity contribution in [1.29, 1.82) is 0 Å². The molecule has 3 aromatic rings. The van der Waals surface area contributed by atoms with E-state index in [1.807, 2.05) is 48.5 Å². The largest absolute Gasteiger partial charge is 0.497 e. The van der Waals surface area contributed by atoms with Crippen LogP contribution < -0.4 is 10.1 Å². The third-order valence-electron chi connectivity index (χ3n) is 4.83. The third-order valence-corrected chi connectivity index (χ3v) is 5.36. The van der Waals surface area contributed by atoms with Crippen LogP contribution in [0.2, 0.25) is 0 Å². The monoisotopic (exact) mass is 451 g/mol. The van der Waals surface area contributed by atoms with E-state index >= 15 is 0 Å². The second-order valence-electron chi connectivity index (χ2n) is 6.70. The van der Waals surface area contributed by atoms with Crippen LogP contribution >= 0.6 is 15.9 Å². The zero-order chi connectivity index (χ0) is 20.4. The SMILES string of the molecule is COc1ccc([C@@H]2Cc3cc(C(=O)Nc4ccc(Br)cc4)ccc3C(=O)O2)cc1. The molecule has 146 valence electrons. The second-order valence-corrected chi connectivity index (χ2v) is 7.62. The average molecular weight is 452 g/mol. The lowest BCUT2D eigenvalue weighted by molar-refractivity contribution is 0.0252. The van der Waals surface area contributed by atoms with Gasteiger partial charge in [-0.2, -0.15) is 0 Å². The number of carbonyl (C=O) groups is 2. The van der Waals surface area contributed by atoms with Crippen molar-refractivity contribution in [1.82, 2.24) is 0 Å². The molecule has 6 heteroatoms. The van der Waals surface area contributed by atoms with Crippen molar-refractivity contribution in [2.24, 2.45) is 0 Å². The van der Waals surface area contributed by atoms with Crippen molar-refractivity contribution in [3.63, 3.8) is 0 Å². The molecule has 1 amide bonds. The summed E-state index contributed by atoms with van der Waals surface area (Å²) in [7, 11) is 1.60.